The first kappa shape index (κ1) is 24.5. The molecule has 39 heavy (non-hydrogen) atoms. The maximum atomic E-state index is 12.9. The van der Waals surface area contributed by atoms with Crippen molar-refractivity contribution in [3.63, 3.8) is 0 Å². The van der Waals surface area contributed by atoms with Gasteiger partial charge in [0.25, 0.3) is 6.47 Å². The zero-order chi connectivity index (χ0) is 26.8. The van der Waals surface area contributed by atoms with Crippen LogP contribution in [0.4, 0.5) is 10.6 Å². The number of ether oxygens (including phenoxy) is 2. The SMILES string of the molecule is C[C@@H](OC(=O)Nc1[nH]c2ccccc2c1-c1ccc(-c2ccc(C3(OC=O)CC3)cc2)cc1)c1ccccc1. The molecule has 4 aromatic carbocycles. The fourth-order valence-electron chi connectivity index (χ4n) is 5.10. The van der Waals surface area contributed by atoms with Gasteiger partial charge < -0.3 is 14.5 Å². The standard InChI is InChI=1S/C33H28N2O4/c1-22(23-7-3-2-4-8-23)39-32(37)35-31-30(28-9-5-6-10-29(28)34-31)26-13-11-24(12-14-26)25-15-17-27(18-16-25)33(19-20-33)38-21-36/h2-18,21-22,34H,19-20H2,1H3,(H,35,37)/t22-/m1/s1. The number of aromatic nitrogens is 1. The van der Waals surface area contributed by atoms with E-state index in [2.05, 4.69) is 46.7 Å². The summed E-state index contributed by atoms with van der Waals surface area (Å²) in [5.74, 6) is 0.587. The van der Waals surface area contributed by atoms with Crippen LogP contribution in [0, 0.1) is 0 Å². The average Bonchev–Trinajstić information content (AvgIpc) is 3.67. The topological polar surface area (TPSA) is 80.4 Å². The van der Waals surface area contributed by atoms with Crippen molar-refractivity contribution in [1.29, 1.82) is 0 Å². The number of H-pyrrole nitrogens is 1. The van der Waals surface area contributed by atoms with Crippen molar-refractivity contribution in [2.24, 2.45) is 0 Å². The molecule has 0 aliphatic heterocycles. The minimum Gasteiger partial charge on any atom is -0.456 e. The summed E-state index contributed by atoms with van der Waals surface area (Å²) in [6.07, 6.45) is 0.811. The highest BCUT2D eigenvalue weighted by atomic mass is 16.6. The number of carbonyl (C=O) groups is 2. The Labute approximate surface area is 226 Å². The van der Waals surface area contributed by atoms with Gasteiger partial charge in [0.2, 0.25) is 0 Å². The minimum atomic E-state index is -0.525. The number of para-hydroxylation sites is 1. The fourth-order valence-corrected chi connectivity index (χ4v) is 5.10. The van der Waals surface area contributed by atoms with Gasteiger partial charge in [-0.2, -0.15) is 0 Å². The molecular formula is C33H28N2O4. The zero-order valence-electron chi connectivity index (χ0n) is 21.5. The second-order valence-electron chi connectivity index (χ2n) is 9.87. The first-order valence-corrected chi connectivity index (χ1v) is 13.0. The molecule has 1 saturated carbocycles. The van der Waals surface area contributed by atoms with Crippen molar-refractivity contribution in [3.05, 3.63) is 114 Å². The lowest BCUT2D eigenvalue weighted by Crippen LogP contribution is -2.16. The summed E-state index contributed by atoms with van der Waals surface area (Å²) < 4.78 is 11.0. The number of anilines is 1. The molecule has 2 N–H and O–H groups in total. The number of carbonyl (C=O) groups excluding carboxylic acids is 2. The van der Waals surface area contributed by atoms with E-state index >= 15 is 0 Å². The van der Waals surface area contributed by atoms with E-state index in [1.807, 2.05) is 73.7 Å². The van der Waals surface area contributed by atoms with E-state index in [4.69, 9.17) is 9.47 Å². The Morgan fingerprint density at radius 2 is 1.46 bits per heavy atom. The third-order valence-electron chi connectivity index (χ3n) is 7.38. The van der Waals surface area contributed by atoms with E-state index in [0.717, 1.165) is 57.1 Å². The predicted molar refractivity (Wildman–Crippen MR) is 152 cm³/mol. The second-order valence-corrected chi connectivity index (χ2v) is 9.87. The molecule has 1 amide bonds. The van der Waals surface area contributed by atoms with Crippen LogP contribution in [0.25, 0.3) is 33.2 Å². The average molecular weight is 517 g/mol. The lowest BCUT2D eigenvalue weighted by Gasteiger charge is -2.15. The molecule has 6 nitrogen and oxygen atoms in total. The highest BCUT2D eigenvalue weighted by molar-refractivity contribution is 6.05. The fraction of sp³-hybridized carbons (Fsp3) is 0.152. The summed E-state index contributed by atoms with van der Waals surface area (Å²) in [5, 5.41) is 3.93. The summed E-state index contributed by atoms with van der Waals surface area (Å²) in [7, 11) is 0. The number of amides is 1. The first-order valence-electron chi connectivity index (χ1n) is 13.0. The van der Waals surface area contributed by atoms with Crippen molar-refractivity contribution in [1.82, 2.24) is 4.98 Å². The quantitative estimate of drug-likeness (QED) is 0.205. The summed E-state index contributed by atoms with van der Waals surface area (Å²) in [4.78, 5) is 27.1. The molecule has 0 unspecified atom stereocenters. The normalized spacial score (nSPS) is 14.4. The van der Waals surface area contributed by atoms with Crippen LogP contribution in [0.5, 0.6) is 0 Å². The molecule has 0 saturated heterocycles. The monoisotopic (exact) mass is 516 g/mol. The Hall–Kier alpha value is -4.84. The van der Waals surface area contributed by atoms with E-state index in [0.29, 0.717) is 12.3 Å². The molecule has 1 heterocycles. The van der Waals surface area contributed by atoms with Gasteiger partial charge in [-0.15, -0.1) is 0 Å². The van der Waals surface area contributed by atoms with Gasteiger partial charge in [-0.25, -0.2) is 4.79 Å². The highest BCUT2D eigenvalue weighted by Gasteiger charge is 2.46. The molecule has 1 fully saturated rings. The van der Waals surface area contributed by atoms with Crippen LogP contribution in [0.2, 0.25) is 0 Å². The van der Waals surface area contributed by atoms with Crippen LogP contribution in [0.15, 0.2) is 103 Å². The molecular weight excluding hydrogens is 488 g/mol. The molecule has 0 bridgehead atoms. The maximum absolute atomic E-state index is 12.9. The van der Waals surface area contributed by atoms with Gasteiger partial charge in [0.15, 0.2) is 0 Å². The van der Waals surface area contributed by atoms with Gasteiger partial charge >= 0.3 is 6.09 Å². The molecule has 1 atom stereocenters. The largest absolute Gasteiger partial charge is 0.456 e. The number of fused-ring (bicyclic) bond motifs is 1. The van der Waals surface area contributed by atoms with Crippen LogP contribution in [0.1, 0.15) is 37.0 Å². The molecule has 1 aromatic heterocycles. The molecule has 0 radical (unpaired) electrons. The third-order valence-corrected chi connectivity index (χ3v) is 7.38. The van der Waals surface area contributed by atoms with Gasteiger partial charge in [-0.3, -0.25) is 10.1 Å². The molecule has 0 spiro atoms. The molecule has 1 aliphatic carbocycles. The van der Waals surface area contributed by atoms with Crippen molar-refractivity contribution in [2.45, 2.75) is 31.5 Å². The number of hydrogen-bond donors (Lipinski definition) is 2. The number of aromatic amines is 1. The minimum absolute atomic E-state index is 0.385. The van der Waals surface area contributed by atoms with Gasteiger partial charge in [-0.05, 0) is 53.6 Å². The smallest absolute Gasteiger partial charge is 0.413 e. The Balaban J connectivity index is 1.25. The van der Waals surface area contributed by atoms with Crippen LogP contribution in [0.3, 0.4) is 0 Å². The van der Waals surface area contributed by atoms with Crippen molar-refractivity contribution in [2.75, 3.05) is 5.32 Å². The number of nitrogens with one attached hydrogen (secondary N) is 2. The lowest BCUT2D eigenvalue weighted by molar-refractivity contribution is -0.136. The van der Waals surface area contributed by atoms with E-state index in [1.165, 1.54) is 0 Å². The van der Waals surface area contributed by atoms with Crippen LogP contribution >= 0.6 is 0 Å². The number of benzene rings is 4. The van der Waals surface area contributed by atoms with Crippen LogP contribution in [-0.2, 0) is 19.9 Å². The number of rotatable bonds is 8. The Kier molecular flexibility index (Phi) is 6.37. The molecule has 6 heteroatoms. The van der Waals surface area contributed by atoms with Crippen molar-refractivity contribution < 1.29 is 19.1 Å². The van der Waals surface area contributed by atoms with Gasteiger partial charge in [0.05, 0.1) is 0 Å². The molecule has 6 rings (SSSR count). The molecule has 1 aliphatic rings. The van der Waals surface area contributed by atoms with E-state index in [-0.39, 0.29) is 6.10 Å². The van der Waals surface area contributed by atoms with Crippen LogP contribution in [-0.4, -0.2) is 17.5 Å². The Morgan fingerprint density at radius 3 is 2.13 bits per heavy atom. The Morgan fingerprint density at radius 1 is 0.846 bits per heavy atom. The van der Waals surface area contributed by atoms with Gasteiger partial charge in [0.1, 0.15) is 17.5 Å². The van der Waals surface area contributed by atoms with E-state index in [9.17, 15) is 9.59 Å². The van der Waals surface area contributed by atoms with Crippen molar-refractivity contribution >= 4 is 29.3 Å². The van der Waals surface area contributed by atoms with Gasteiger partial charge in [0, 0.05) is 16.5 Å². The first-order chi connectivity index (χ1) is 19.1. The highest BCUT2D eigenvalue weighted by Crippen LogP contribution is 2.49. The maximum Gasteiger partial charge on any atom is 0.413 e. The molecule has 194 valence electrons. The molecule has 5 aromatic rings. The summed E-state index contributed by atoms with van der Waals surface area (Å²) in [5.41, 5.74) is 6.44. The zero-order valence-corrected chi connectivity index (χ0v) is 21.5. The third kappa shape index (κ3) is 4.89. The summed E-state index contributed by atoms with van der Waals surface area (Å²) in [6.45, 7) is 2.39. The predicted octanol–water partition coefficient (Wildman–Crippen LogP) is 7.97. The summed E-state index contributed by atoms with van der Waals surface area (Å²) >= 11 is 0. The second kappa shape index (κ2) is 10.1. The van der Waals surface area contributed by atoms with Crippen LogP contribution < -0.4 is 5.32 Å². The lowest BCUT2D eigenvalue weighted by atomic mass is 9.97. The van der Waals surface area contributed by atoms with Crippen molar-refractivity contribution in [3.8, 4) is 22.3 Å². The van der Waals surface area contributed by atoms with E-state index in [1.54, 1.807) is 0 Å². The van der Waals surface area contributed by atoms with E-state index < -0.39 is 11.7 Å². The number of hydrogen-bond acceptors (Lipinski definition) is 4. The Bertz CT molecular complexity index is 1620. The summed E-state index contributed by atoms with van der Waals surface area (Å²) in [6, 6.07) is 34.0. The van der Waals surface area contributed by atoms with Gasteiger partial charge in [-0.1, -0.05) is 97.1 Å².